The normalized spacial score (nSPS) is 15.7. The highest BCUT2D eigenvalue weighted by Crippen LogP contribution is 2.26. The van der Waals surface area contributed by atoms with Gasteiger partial charge in [-0.2, -0.15) is 5.26 Å². The van der Waals surface area contributed by atoms with Crippen molar-refractivity contribution < 1.29 is 4.74 Å². The molecule has 0 bridgehead atoms. The first-order valence-electron chi connectivity index (χ1n) is 8.88. The number of benzene rings is 2. The van der Waals surface area contributed by atoms with Gasteiger partial charge in [-0.15, -0.1) is 0 Å². The van der Waals surface area contributed by atoms with Crippen molar-refractivity contribution in [2.75, 3.05) is 26.7 Å². The first kappa shape index (κ1) is 17.5. The van der Waals surface area contributed by atoms with Crippen LogP contribution in [0.4, 0.5) is 0 Å². The minimum absolute atomic E-state index is 0.381. The third kappa shape index (κ3) is 4.60. The Labute approximate surface area is 150 Å². The fourth-order valence-electron chi connectivity index (χ4n) is 3.39. The second-order valence-corrected chi connectivity index (χ2v) is 6.47. The van der Waals surface area contributed by atoms with Crippen molar-refractivity contribution in [1.29, 1.82) is 5.26 Å². The van der Waals surface area contributed by atoms with E-state index in [4.69, 9.17) is 10.00 Å². The zero-order chi connectivity index (χ0) is 17.5. The molecular weight excluding hydrogens is 310 g/mol. The summed E-state index contributed by atoms with van der Waals surface area (Å²) < 4.78 is 5.28. The number of ether oxygens (including phenoxy) is 1. The summed E-state index contributed by atoms with van der Waals surface area (Å²) in [5.74, 6) is 0.898. The van der Waals surface area contributed by atoms with Crippen LogP contribution in [0.2, 0.25) is 0 Å². The van der Waals surface area contributed by atoms with Crippen molar-refractivity contribution in [1.82, 2.24) is 10.2 Å². The number of hydrogen-bond donors (Lipinski definition) is 1. The number of nitrogens with zero attached hydrogens (tertiary/aromatic N) is 2. The summed E-state index contributed by atoms with van der Waals surface area (Å²) in [6.45, 7) is 4.04. The molecule has 0 aliphatic carbocycles. The Morgan fingerprint density at radius 2 is 1.76 bits per heavy atom. The molecule has 0 aromatic heterocycles. The molecule has 25 heavy (non-hydrogen) atoms. The van der Waals surface area contributed by atoms with Crippen LogP contribution in [0.1, 0.15) is 35.6 Å². The number of nitriles is 1. The lowest BCUT2D eigenvalue weighted by atomic mass is 10.0. The molecule has 0 saturated carbocycles. The lowest BCUT2D eigenvalue weighted by Crippen LogP contribution is -2.34. The number of likely N-dealkylation sites (tertiary alicyclic amines) is 1. The Balaban J connectivity index is 1.63. The molecule has 3 rings (SSSR count). The van der Waals surface area contributed by atoms with Crippen molar-refractivity contribution in [2.45, 2.75) is 25.4 Å². The second kappa shape index (κ2) is 8.66. The molecular formula is C21H25N3O. The number of hydrogen-bond acceptors (Lipinski definition) is 4. The van der Waals surface area contributed by atoms with Crippen molar-refractivity contribution in [3.05, 3.63) is 65.2 Å². The first-order chi connectivity index (χ1) is 12.3. The standard InChI is InChI=1S/C21H25N3O/c1-25-20-10-8-19(9-11-20)21(24-12-2-3-13-24)16-23-15-18-6-4-17(14-22)5-7-18/h4-11,21,23H,2-3,12-13,15-16H2,1H3. The zero-order valence-electron chi connectivity index (χ0n) is 14.7. The predicted octanol–water partition coefficient (Wildman–Crippen LogP) is 3.49. The summed E-state index contributed by atoms with van der Waals surface area (Å²) in [5.41, 5.74) is 3.24. The Morgan fingerprint density at radius 1 is 1.08 bits per heavy atom. The summed E-state index contributed by atoms with van der Waals surface area (Å²) >= 11 is 0. The SMILES string of the molecule is COc1ccc(C(CNCc2ccc(C#N)cc2)N2CCCC2)cc1. The Bertz CT molecular complexity index is 697. The summed E-state index contributed by atoms with van der Waals surface area (Å²) in [7, 11) is 1.70. The molecule has 0 radical (unpaired) electrons. The van der Waals surface area contributed by atoms with E-state index in [1.807, 2.05) is 36.4 Å². The lowest BCUT2D eigenvalue weighted by Gasteiger charge is -2.28. The maximum atomic E-state index is 8.88. The van der Waals surface area contributed by atoms with Gasteiger partial charge in [0.05, 0.1) is 18.7 Å². The second-order valence-electron chi connectivity index (χ2n) is 6.47. The van der Waals surface area contributed by atoms with Crippen LogP contribution in [-0.4, -0.2) is 31.6 Å². The molecule has 1 unspecified atom stereocenters. The van der Waals surface area contributed by atoms with Gasteiger partial charge in [-0.25, -0.2) is 0 Å². The highest BCUT2D eigenvalue weighted by molar-refractivity contribution is 5.32. The topological polar surface area (TPSA) is 48.3 Å². The van der Waals surface area contributed by atoms with E-state index in [0.717, 1.165) is 31.9 Å². The molecule has 1 heterocycles. The van der Waals surface area contributed by atoms with Crippen molar-refractivity contribution >= 4 is 0 Å². The molecule has 4 nitrogen and oxygen atoms in total. The van der Waals surface area contributed by atoms with E-state index in [0.29, 0.717) is 11.6 Å². The Hall–Kier alpha value is -2.35. The van der Waals surface area contributed by atoms with Crippen LogP contribution in [0.5, 0.6) is 5.75 Å². The third-order valence-corrected chi connectivity index (χ3v) is 4.83. The highest BCUT2D eigenvalue weighted by atomic mass is 16.5. The molecule has 2 aromatic rings. The maximum absolute atomic E-state index is 8.88. The van der Waals surface area contributed by atoms with Crippen LogP contribution in [0.3, 0.4) is 0 Å². The van der Waals surface area contributed by atoms with Crippen molar-refractivity contribution in [3.63, 3.8) is 0 Å². The van der Waals surface area contributed by atoms with Gasteiger partial charge in [0.2, 0.25) is 0 Å². The average molecular weight is 335 g/mol. The van der Waals surface area contributed by atoms with Gasteiger partial charge in [0, 0.05) is 19.1 Å². The number of nitrogens with one attached hydrogen (secondary N) is 1. The molecule has 0 amide bonds. The van der Waals surface area contributed by atoms with Crippen LogP contribution in [0.25, 0.3) is 0 Å². The van der Waals surface area contributed by atoms with Gasteiger partial charge in [0.25, 0.3) is 0 Å². The molecule has 2 aromatic carbocycles. The molecule has 1 aliphatic rings. The van der Waals surface area contributed by atoms with E-state index in [1.165, 1.54) is 24.0 Å². The molecule has 1 N–H and O–H groups in total. The highest BCUT2D eigenvalue weighted by Gasteiger charge is 2.23. The number of methoxy groups -OCH3 is 1. The molecule has 1 fully saturated rings. The minimum atomic E-state index is 0.381. The Morgan fingerprint density at radius 3 is 2.36 bits per heavy atom. The molecule has 0 spiro atoms. The third-order valence-electron chi connectivity index (χ3n) is 4.83. The van der Waals surface area contributed by atoms with Gasteiger partial charge in [-0.05, 0) is 61.3 Å². The monoisotopic (exact) mass is 335 g/mol. The fourth-order valence-corrected chi connectivity index (χ4v) is 3.39. The summed E-state index contributed by atoms with van der Waals surface area (Å²) in [6.07, 6.45) is 2.56. The van der Waals surface area contributed by atoms with E-state index in [-0.39, 0.29) is 0 Å². The molecule has 1 saturated heterocycles. The van der Waals surface area contributed by atoms with Crippen LogP contribution < -0.4 is 10.1 Å². The summed E-state index contributed by atoms with van der Waals surface area (Å²) in [4.78, 5) is 2.56. The van der Waals surface area contributed by atoms with Crippen LogP contribution in [-0.2, 0) is 6.54 Å². The molecule has 4 heteroatoms. The zero-order valence-corrected chi connectivity index (χ0v) is 14.7. The van der Waals surface area contributed by atoms with Crippen LogP contribution in [0, 0.1) is 11.3 Å². The number of rotatable bonds is 7. The molecule has 1 atom stereocenters. The smallest absolute Gasteiger partial charge is 0.118 e. The lowest BCUT2D eigenvalue weighted by molar-refractivity contribution is 0.238. The Kier molecular flexibility index (Phi) is 6.05. The van der Waals surface area contributed by atoms with E-state index in [9.17, 15) is 0 Å². The minimum Gasteiger partial charge on any atom is -0.497 e. The van der Waals surface area contributed by atoms with Gasteiger partial charge in [0.1, 0.15) is 5.75 Å². The maximum Gasteiger partial charge on any atom is 0.118 e. The first-order valence-corrected chi connectivity index (χ1v) is 8.88. The van der Waals surface area contributed by atoms with E-state index < -0.39 is 0 Å². The quantitative estimate of drug-likeness (QED) is 0.841. The van der Waals surface area contributed by atoms with E-state index in [1.54, 1.807) is 7.11 Å². The summed E-state index contributed by atoms with van der Waals surface area (Å²) in [5, 5.41) is 12.5. The average Bonchev–Trinajstić information content (AvgIpc) is 3.20. The van der Waals surface area contributed by atoms with Crippen molar-refractivity contribution in [2.24, 2.45) is 0 Å². The molecule has 130 valence electrons. The summed E-state index contributed by atoms with van der Waals surface area (Å²) in [6, 6.07) is 18.7. The van der Waals surface area contributed by atoms with E-state index in [2.05, 4.69) is 28.4 Å². The van der Waals surface area contributed by atoms with E-state index >= 15 is 0 Å². The van der Waals surface area contributed by atoms with Gasteiger partial charge < -0.3 is 10.1 Å². The van der Waals surface area contributed by atoms with Gasteiger partial charge in [-0.1, -0.05) is 24.3 Å². The van der Waals surface area contributed by atoms with Crippen LogP contribution in [0.15, 0.2) is 48.5 Å². The van der Waals surface area contributed by atoms with Crippen molar-refractivity contribution in [3.8, 4) is 11.8 Å². The van der Waals surface area contributed by atoms with Crippen LogP contribution >= 0.6 is 0 Å². The predicted molar refractivity (Wildman–Crippen MR) is 99.4 cm³/mol. The largest absolute Gasteiger partial charge is 0.497 e. The van der Waals surface area contributed by atoms with Gasteiger partial charge >= 0.3 is 0 Å². The van der Waals surface area contributed by atoms with Gasteiger partial charge in [0.15, 0.2) is 0 Å². The van der Waals surface area contributed by atoms with Gasteiger partial charge in [-0.3, -0.25) is 4.90 Å². The molecule has 1 aliphatic heterocycles. The fraction of sp³-hybridized carbons (Fsp3) is 0.381.